The summed E-state index contributed by atoms with van der Waals surface area (Å²) in [6, 6.07) is 8.04. The van der Waals surface area contributed by atoms with Crippen LogP contribution in [0.4, 0.5) is 17.6 Å². The summed E-state index contributed by atoms with van der Waals surface area (Å²) in [5, 5.41) is 15.7. The lowest BCUT2D eigenvalue weighted by Crippen LogP contribution is -2.54. The van der Waals surface area contributed by atoms with Crippen LogP contribution in [-0.4, -0.2) is 31.6 Å². The lowest BCUT2D eigenvalue weighted by molar-refractivity contribution is -0.279. The number of aromatic nitrogens is 3. The summed E-state index contributed by atoms with van der Waals surface area (Å²) in [7, 11) is 0. The van der Waals surface area contributed by atoms with Crippen molar-refractivity contribution < 1.29 is 22.7 Å². The first-order valence-corrected chi connectivity index (χ1v) is 11.1. The Hall–Kier alpha value is -2.48. The van der Waals surface area contributed by atoms with Gasteiger partial charge in [0.15, 0.2) is 11.2 Å². The summed E-state index contributed by atoms with van der Waals surface area (Å²) in [6.07, 6.45) is -0.509. The molecule has 3 aromatic rings. The lowest BCUT2D eigenvalue weighted by Gasteiger charge is -2.50. The van der Waals surface area contributed by atoms with Gasteiger partial charge in [0.05, 0.1) is 11.9 Å². The standard InChI is InChI=1S/C24H25F4N3O/c1-2-22-10-11-23(32,24(26,27)28)13-16(22)4-3-5-20-19(22)12-15-14-29-31(21(15)30-20)18-8-6-17(25)7-9-18/h6-9,12,14,16,32H,2-5,10-11,13H2,1H3/t16-,22-,23+/m1/s1. The number of pyridine rings is 1. The average Bonchev–Trinajstić information content (AvgIpc) is 3.09. The molecule has 1 N–H and O–H groups in total. The SMILES string of the molecule is CC[C@@]12CC[C@@](O)(C(F)(F)F)C[C@H]1CCCc1nc3c(cnn3-c3ccc(F)cc3)cc12. The van der Waals surface area contributed by atoms with Gasteiger partial charge in [-0.05, 0) is 92.2 Å². The molecule has 2 heterocycles. The van der Waals surface area contributed by atoms with Gasteiger partial charge in [0.2, 0.25) is 0 Å². The number of fused-ring (bicyclic) bond motifs is 4. The molecule has 1 saturated carbocycles. The molecule has 5 rings (SSSR count). The Morgan fingerprint density at radius 2 is 1.94 bits per heavy atom. The minimum Gasteiger partial charge on any atom is -0.380 e. The fraction of sp³-hybridized carbons (Fsp3) is 0.500. The van der Waals surface area contributed by atoms with Crippen LogP contribution in [0, 0.1) is 11.7 Å². The lowest BCUT2D eigenvalue weighted by atomic mass is 9.57. The Kier molecular flexibility index (Phi) is 4.85. The maximum absolute atomic E-state index is 13.6. The van der Waals surface area contributed by atoms with Crippen LogP contribution < -0.4 is 0 Å². The smallest absolute Gasteiger partial charge is 0.380 e. The van der Waals surface area contributed by atoms with Crippen molar-refractivity contribution in [2.24, 2.45) is 5.92 Å². The maximum Gasteiger partial charge on any atom is 0.417 e. The molecule has 0 saturated heterocycles. The fourth-order valence-electron chi connectivity index (χ4n) is 5.89. The molecule has 0 unspecified atom stereocenters. The molecule has 0 aliphatic heterocycles. The van der Waals surface area contributed by atoms with Gasteiger partial charge >= 0.3 is 6.18 Å². The highest BCUT2D eigenvalue weighted by atomic mass is 19.4. The highest BCUT2D eigenvalue weighted by Gasteiger charge is 2.60. The number of alkyl halides is 3. The molecule has 8 heteroatoms. The van der Waals surface area contributed by atoms with E-state index in [1.54, 1.807) is 23.0 Å². The zero-order chi connectivity index (χ0) is 22.7. The van der Waals surface area contributed by atoms with Gasteiger partial charge in [0, 0.05) is 11.1 Å². The summed E-state index contributed by atoms with van der Waals surface area (Å²) in [6.45, 7) is 2.02. The fourth-order valence-corrected chi connectivity index (χ4v) is 5.89. The first-order chi connectivity index (χ1) is 15.2. The van der Waals surface area contributed by atoms with Crippen LogP contribution >= 0.6 is 0 Å². The van der Waals surface area contributed by atoms with E-state index in [1.165, 1.54) is 12.1 Å². The van der Waals surface area contributed by atoms with E-state index in [0.717, 1.165) is 23.1 Å². The molecule has 3 atom stereocenters. The minimum atomic E-state index is -4.62. The van der Waals surface area contributed by atoms with Gasteiger partial charge in [0.1, 0.15) is 5.82 Å². The first kappa shape index (κ1) is 21.4. The number of aliphatic hydroxyl groups is 1. The molecular formula is C24H25F4N3O. The second-order valence-corrected chi connectivity index (χ2v) is 9.26. The number of nitrogens with zero attached hydrogens (tertiary/aromatic N) is 3. The molecule has 2 aliphatic rings. The van der Waals surface area contributed by atoms with Gasteiger partial charge in [-0.2, -0.15) is 18.3 Å². The molecule has 1 fully saturated rings. The molecule has 2 aromatic heterocycles. The summed E-state index contributed by atoms with van der Waals surface area (Å²) < 4.78 is 55.8. The van der Waals surface area contributed by atoms with E-state index in [2.05, 4.69) is 5.10 Å². The largest absolute Gasteiger partial charge is 0.417 e. The zero-order valence-electron chi connectivity index (χ0n) is 17.8. The summed E-state index contributed by atoms with van der Waals surface area (Å²) in [5.41, 5.74) is 0.177. The van der Waals surface area contributed by atoms with Crippen LogP contribution in [0.25, 0.3) is 16.7 Å². The second kappa shape index (κ2) is 7.27. The van der Waals surface area contributed by atoms with Gasteiger partial charge in [0.25, 0.3) is 0 Å². The van der Waals surface area contributed by atoms with E-state index in [0.29, 0.717) is 30.6 Å². The van der Waals surface area contributed by atoms with Gasteiger partial charge < -0.3 is 5.11 Å². The van der Waals surface area contributed by atoms with Gasteiger partial charge in [-0.3, -0.25) is 0 Å². The summed E-state index contributed by atoms with van der Waals surface area (Å²) in [5.74, 6) is -0.598. The predicted octanol–water partition coefficient (Wildman–Crippen LogP) is 5.64. The van der Waals surface area contributed by atoms with Crippen molar-refractivity contribution in [3.8, 4) is 5.69 Å². The molecule has 0 bridgehead atoms. The van der Waals surface area contributed by atoms with Crippen LogP contribution in [-0.2, 0) is 11.8 Å². The van der Waals surface area contributed by atoms with Crippen LogP contribution in [0.1, 0.15) is 56.7 Å². The van der Waals surface area contributed by atoms with E-state index in [9.17, 15) is 22.7 Å². The Balaban J connectivity index is 1.61. The number of halogens is 4. The Morgan fingerprint density at radius 3 is 2.62 bits per heavy atom. The van der Waals surface area contributed by atoms with Crippen LogP contribution in [0.15, 0.2) is 36.5 Å². The minimum absolute atomic E-state index is 0.263. The Bertz CT molecular complexity index is 1160. The third-order valence-electron chi connectivity index (χ3n) is 7.71. The molecule has 2 aliphatic carbocycles. The molecule has 4 nitrogen and oxygen atoms in total. The van der Waals surface area contributed by atoms with E-state index in [-0.39, 0.29) is 31.0 Å². The van der Waals surface area contributed by atoms with Crippen molar-refractivity contribution in [3.63, 3.8) is 0 Å². The van der Waals surface area contributed by atoms with Crippen molar-refractivity contribution in [3.05, 3.63) is 53.6 Å². The van der Waals surface area contributed by atoms with Crippen molar-refractivity contribution in [1.82, 2.24) is 14.8 Å². The van der Waals surface area contributed by atoms with Crippen LogP contribution in [0.2, 0.25) is 0 Å². The van der Waals surface area contributed by atoms with E-state index in [4.69, 9.17) is 4.98 Å². The quantitative estimate of drug-likeness (QED) is 0.518. The number of hydrogen-bond acceptors (Lipinski definition) is 3. The van der Waals surface area contributed by atoms with Gasteiger partial charge in [-0.25, -0.2) is 14.1 Å². The number of hydrogen-bond donors (Lipinski definition) is 1. The summed E-state index contributed by atoms with van der Waals surface area (Å²) in [4.78, 5) is 4.93. The molecule has 0 spiro atoms. The normalized spacial score (nSPS) is 28.2. The number of benzene rings is 1. The van der Waals surface area contributed by atoms with Crippen molar-refractivity contribution in [1.29, 1.82) is 0 Å². The van der Waals surface area contributed by atoms with Crippen molar-refractivity contribution in [2.45, 2.75) is 69.1 Å². The second-order valence-electron chi connectivity index (χ2n) is 9.26. The summed E-state index contributed by atoms with van der Waals surface area (Å²) >= 11 is 0. The predicted molar refractivity (Wildman–Crippen MR) is 112 cm³/mol. The number of rotatable bonds is 2. The molecule has 0 radical (unpaired) electrons. The third kappa shape index (κ3) is 3.14. The molecule has 170 valence electrons. The highest BCUT2D eigenvalue weighted by molar-refractivity contribution is 5.78. The van der Waals surface area contributed by atoms with Crippen molar-refractivity contribution in [2.75, 3.05) is 0 Å². The highest BCUT2D eigenvalue weighted by Crippen LogP contribution is 2.56. The third-order valence-corrected chi connectivity index (χ3v) is 7.71. The van der Waals surface area contributed by atoms with Crippen molar-refractivity contribution >= 4 is 11.0 Å². The molecule has 0 amide bonds. The Labute approximate surface area is 183 Å². The first-order valence-electron chi connectivity index (χ1n) is 11.1. The van der Waals surface area contributed by atoms with E-state index < -0.39 is 17.2 Å². The molecule has 1 aromatic carbocycles. The molecular weight excluding hydrogens is 422 g/mol. The van der Waals surface area contributed by atoms with Crippen LogP contribution in [0.3, 0.4) is 0 Å². The van der Waals surface area contributed by atoms with E-state index in [1.807, 2.05) is 13.0 Å². The van der Waals surface area contributed by atoms with E-state index >= 15 is 0 Å². The average molecular weight is 447 g/mol. The zero-order valence-corrected chi connectivity index (χ0v) is 17.8. The van der Waals surface area contributed by atoms with Gasteiger partial charge in [-0.1, -0.05) is 6.92 Å². The Morgan fingerprint density at radius 1 is 1.19 bits per heavy atom. The topological polar surface area (TPSA) is 50.9 Å². The maximum atomic E-state index is 13.6. The van der Waals surface area contributed by atoms with Gasteiger partial charge in [-0.15, -0.1) is 0 Å². The monoisotopic (exact) mass is 447 g/mol. The molecule has 32 heavy (non-hydrogen) atoms. The number of aryl methyl sites for hydroxylation is 1. The van der Waals surface area contributed by atoms with Crippen LogP contribution in [0.5, 0.6) is 0 Å².